The van der Waals surface area contributed by atoms with E-state index in [2.05, 4.69) is 0 Å². The van der Waals surface area contributed by atoms with E-state index >= 15 is 0 Å². The normalized spacial score (nSPS) is 29.1. The Hall–Kier alpha value is 0.270. The van der Waals surface area contributed by atoms with Gasteiger partial charge in [-0.1, -0.05) is 12.8 Å². The molecule has 0 saturated heterocycles. The molecular formula is C10H20O2S. The number of ether oxygens (including phenoxy) is 1. The molecule has 0 aromatic heterocycles. The fourth-order valence-electron chi connectivity index (χ4n) is 1.71. The molecule has 2 atom stereocenters. The van der Waals surface area contributed by atoms with Crippen LogP contribution in [0.25, 0.3) is 0 Å². The SMILES string of the molecule is COCCCS[C@@H]1CCCC[C@H]1O. The largest absolute Gasteiger partial charge is 0.392 e. The molecule has 0 spiro atoms. The predicted octanol–water partition coefficient (Wildman–Crippen LogP) is 2.06. The van der Waals surface area contributed by atoms with E-state index in [9.17, 15) is 5.11 Å². The lowest BCUT2D eigenvalue weighted by molar-refractivity contribution is 0.137. The third-order valence-electron chi connectivity index (χ3n) is 2.49. The van der Waals surface area contributed by atoms with Crippen LogP contribution < -0.4 is 0 Å². The van der Waals surface area contributed by atoms with Crippen LogP contribution in [0.1, 0.15) is 32.1 Å². The molecule has 0 radical (unpaired) electrons. The van der Waals surface area contributed by atoms with Gasteiger partial charge in [-0.3, -0.25) is 0 Å². The minimum Gasteiger partial charge on any atom is -0.392 e. The molecule has 13 heavy (non-hydrogen) atoms. The second-order valence-electron chi connectivity index (χ2n) is 3.61. The van der Waals surface area contributed by atoms with Crippen LogP contribution in [0.15, 0.2) is 0 Å². The molecule has 0 heterocycles. The summed E-state index contributed by atoms with van der Waals surface area (Å²) < 4.78 is 4.98. The Morgan fingerprint density at radius 3 is 2.85 bits per heavy atom. The van der Waals surface area contributed by atoms with E-state index in [0.717, 1.165) is 25.2 Å². The summed E-state index contributed by atoms with van der Waals surface area (Å²) in [5.74, 6) is 1.12. The molecule has 1 rings (SSSR count). The van der Waals surface area contributed by atoms with Crippen LogP contribution in [-0.2, 0) is 4.74 Å². The third kappa shape index (κ3) is 4.34. The van der Waals surface area contributed by atoms with Crippen LogP contribution >= 0.6 is 11.8 Å². The second-order valence-corrected chi connectivity index (χ2v) is 4.95. The quantitative estimate of drug-likeness (QED) is 0.695. The van der Waals surface area contributed by atoms with Gasteiger partial charge in [0.2, 0.25) is 0 Å². The van der Waals surface area contributed by atoms with Gasteiger partial charge in [-0.25, -0.2) is 0 Å². The fourth-order valence-corrected chi connectivity index (χ4v) is 2.99. The average molecular weight is 204 g/mol. The van der Waals surface area contributed by atoms with Crippen molar-refractivity contribution in [2.75, 3.05) is 19.5 Å². The van der Waals surface area contributed by atoms with Crippen molar-refractivity contribution in [3.05, 3.63) is 0 Å². The Morgan fingerprint density at radius 2 is 2.15 bits per heavy atom. The monoisotopic (exact) mass is 204 g/mol. The van der Waals surface area contributed by atoms with E-state index in [0.29, 0.717) is 5.25 Å². The highest BCUT2D eigenvalue weighted by molar-refractivity contribution is 7.99. The van der Waals surface area contributed by atoms with Gasteiger partial charge in [0.15, 0.2) is 0 Å². The molecule has 0 bridgehead atoms. The molecule has 78 valence electrons. The van der Waals surface area contributed by atoms with Gasteiger partial charge in [0, 0.05) is 19.0 Å². The molecule has 1 aliphatic rings. The second kappa shape index (κ2) is 6.68. The molecule has 1 saturated carbocycles. The van der Waals surface area contributed by atoms with Crippen LogP contribution in [0.2, 0.25) is 0 Å². The van der Waals surface area contributed by atoms with E-state index in [1.807, 2.05) is 11.8 Å². The molecule has 3 heteroatoms. The summed E-state index contributed by atoms with van der Waals surface area (Å²) in [6.45, 7) is 0.843. The average Bonchev–Trinajstić information content (AvgIpc) is 2.15. The third-order valence-corrected chi connectivity index (χ3v) is 3.99. The van der Waals surface area contributed by atoms with Gasteiger partial charge in [-0.15, -0.1) is 0 Å². The Balaban J connectivity index is 2.05. The van der Waals surface area contributed by atoms with Gasteiger partial charge in [-0.2, -0.15) is 11.8 Å². The molecular weight excluding hydrogens is 184 g/mol. The maximum absolute atomic E-state index is 9.67. The zero-order valence-corrected chi connectivity index (χ0v) is 9.18. The van der Waals surface area contributed by atoms with E-state index in [1.165, 1.54) is 19.3 Å². The maximum Gasteiger partial charge on any atom is 0.0658 e. The smallest absolute Gasteiger partial charge is 0.0658 e. The number of methoxy groups -OCH3 is 1. The molecule has 1 fully saturated rings. The minimum atomic E-state index is -0.0544. The molecule has 1 N–H and O–H groups in total. The summed E-state index contributed by atoms with van der Waals surface area (Å²) in [7, 11) is 1.74. The molecule has 0 amide bonds. The van der Waals surface area contributed by atoms with Crippen molar-refractivity contribution in [3.63, 3.8) is 0 Å². The summed E-state index contributed by atoms with van der Waals surface area (Å²) in [5.41, 5.74) is 0. The number of hydrogen-bond donors (Lipinski definition) is 1. The summed E-state index contributed by atoms with van der Waals surface area (Å²) in [5, 5.41) is 10.2. The highest BCUT2D eigenvalue weighted by atomic mass is 32.2. The van der Waals surface area contributed by atoms with Gasteiger partial charge in [0.1, 0.15) is 0 Å². The molecule has 0 aromatic rings. The highest BCUT2D eigenvalue weighted by Crippen LogP contribution is 2.28. The van der Waals surface area contributed by atoms with Gasteiger partial charge in [0.25, 0.3) is 0 Å². The lowest BCUT2D eigenvalue weighted by Crippen LogP contribution is -2.27. The first-order chi connectivity index (χ1) is 6.34. The number of hydrogen-bond acceptors (Lipinski definition) is 3. The zero-order valence-electron chi connectivity index (χ0n) is 8.37. The number of aliphatic hydroxyl groups is 1. The Labute approximate surface area is 85.0 Å². The van der Waals surface area contributed by atoms with Gasteiger partial charge in [-0.05, 0) is 25.0 Å². The summed E-state index contributed by atoms with van der Waals surface area (Å²) in [6, 6.07) is 0. The van der Waals surface area contributed by atoms with E-state index in [1.54, 1.807) is 7.11 Å². The minimum absolute atomic E-state index is 0.0544. The first-order valence-electron chi connectivity index (χ1n) is 5.13. The standard InChI is InChI=1S/C10H20O2S/c1-12-7-4-8-13-10-6-3-2-5-9(10)11/h9-11H,2-8H2,1H3/t9-,10-/m1/s1. The van der Waals surface area contributed by atoms with E-state index in [4.69, 9.17) is 4.74 Å². The van der Waals surface area contributed by atoms with Crippen molar-refractivity contribution >= 4 is 11.8 Å². The van der Waals surface area contributed by atoms with E-state index < -0.39 is 0 Å². The van der Waals surface area contributed by atoms with Gasteiger partial charge >= 0.3 is 0 Å². The summed E-state index contributed by atoms with van der Waals surface area (Å²) >= 11 is 1.92. The summed E-state index contributed by atoms with van der Waals surface area (Å²) in [6.07, 6.45) is 5.74. The van der Waals surface area contributed by atoms with Crippen LogP contribution in [0.3, 0.4) is 0 Å². The zero-order chi connectivity index (χ0) is 9.52. The lowest BCUT2D eigenvalue weighted by atomic mass is 9.97. The molecule has 2 nitrogen and oxygen atoms in total. The first kappa shape index (κ1) is 11.3. The Morgan fingerprint density at radius 1 is 1.38 bits per heavy atom. The number of aliphatic hydroxyl groups excluding tert-OH is 1. The van der Waals surface area contributed by atoms with E-state index in [-0.39, 0.29) is 6.10 Å². The number of rotatable bonds is 5. The van der Waals surface area contributed by atoms with Crippen molar-refractivity contribution in [1.29, 1.82) is 0 Å². The fraction of sp³-hybridized carbons (Fsp3) is 1.00. The molecule has 0 aliphatic heterocycles. The molecule has 0 unspecified atom stereocenters. The van der Waals surface area contributed by atoms with Crippen LogP contribution in [0.5, 0.6) is 0 Å². The van der Waals surface area contributed by atoms with Crippen molar-refractivity contribution in [2.45, 2.75) is 43.5 Å². The highest BCUT2D eigenvalue weighted by Gasteiger charge is 2.22. The van der Waals surface area contributed by atoms with Crippen molar-refractivity contribution < 1.29 is 9.84 Å². The number of thioether (sulfide) groups is 1. The van der Waals surface area contributed by atoms with Gasteiger partial charge < -0.3 is 9.84 Å². The first-order valence-corrected chi connectivity index (χ1v) is 6.18. The van der Waals surface area contributed by atoms with Crippen LogP contribution in [0.4, 0.5) is 0 Å². The van der Waals surface area contributed by atoms with Crippen LogP contribution in [-0.4, -0.2) is 35.9 Å². The lowest BCUT2D eigenvalue weighted by Gasteiger charge is -2.26. The topological polar surface area (TPSA) is 29.5 Å². The predicted molar refractivity (Wildman–Crippen MR) is 57.2 cm³/mol. The van der Waals surface area contributed by atoms with Crippen molar-refractivity contribution in [3.8, 4) is 0 Å². The molecule has 0 aromatic carbocycles. The Kier molecular flexibility index (Phi) is 5.83. The van der Waals surface area contributed by atoms with Crippen molar-refractivity contribution in [1.82, 2.24) is 0 Å². The van der Waals surface area contributed by atoms with Crippen molar-refractivity contribution in [2.24, 2.45) is 0 Å². The maximum atomic E-state index is 9.67. The van der Waals surface area contributed by atoms with Crippen LogP contribution in [0, 0.1) is 0 Å². The van der Waals surface area contributed by atoms with Gasteiger partial charge in [0.05, 0.1) is 6.10 Å². The summed E-state index contributed by atoms with van der Waals surface area (Å²) in [4.78, 5) is 0. The molecule has 1 aliphatic carbocycles. The Bertz CT molecular complexity index is 130.